The van der Waals surface area contributed by atoms with Crippen LogP contribution in [0.4, 0.5) is 0 Å². The van der Waals surface area contributed by atoms with Crippen LogP contribution >= 0.6 is 12.6 Å². The van der Waals surface area contributed by atoms with E-state index in [4.69, 9.17) is 17.2 Å². The SMILES string of the molecule is CC(C)CC(NC(=O)C(N)C(C)O)C(=O)NC(CS)C(=O)NC(C)C(=O)NC(CO)C(=O)NC(CCCN=C(N)N)C(=O)O. The van der Waals surface area contributed by atoms with Crippen molar-refractivity contribution in [2.45, 2.75) is 89.3 Å². The Morgan fingerprint density at radius 3 is 1.75 bits per heavy atom. The molecule has 0 aromatic rings. The zero-order valence-corrected chi connectivity index (χ0v) is 26.2. The zero-order chi connectivity index (χ0) is 34.1. The van der Waals surface area contributed by atoms with E-state index in [1.165, 1.54) is 13.8 Å². The maximum absolute atomic E-state index is 13.0. The third kappa shape index (κ3) is 15.2. The number of thiol groups is 1. The lowest BCUT2D eigenvalue weighted by atomic mass is 10.0. The Labute approximate surface area is 261 Å². The highest BCUT2D eigenvalue weighted by molar-refractivity contribution is 7.80. The first kappa shape index (κ1) is 40.3. The Morgan fingerprint density at radius 2 is 1.27 bits per heavy atom. The molecular weight excluding hydrogens is 602 g/mol. The minimum absolute atomic E-state index is 0.0394. The molecule has 0 rings (SSSR count). The molecule has 5 amide bonds. The van der Waals surface area contributed by atoms with Crippen LogP contribution < -0.4 is 43.8 Å². The van der Waals surface area contributed by atoms with Crippen LogP contribution in [0.15, 0.2) is 4.99 Å². The average molecular weight is 650 g/mol. The second kappa shape index (κ2) is 20.3. The van der Waals surface area contributed by atoms with Gasteiger partial charge in [-0.15, -0.1) is 0 Å². The number of aliphatic imine (C=N–C) groups is 1. The van der Waals surface area contributed by atoms with Crippen LogP contribution in [0.25, 0.3) is 0 Å². The van der Waals surface area contributed by atoms with Gasteiger partial charge in [0.1, 0.15) is 36.3 Å². The highest BCUT2D eigenvalue weighted by Gasteiger charge is 2.31. The number of rotatable bonds is 20. The molecule has 0 aliphatic heterocycles. The molecule has 19 heteroatoms. The smallest absolute Gasteiger partial charge is 0.326 e. The number of nitrogens with zero attached hydrogens (tertiary/aromatic N) is 1. The van der Waals surface area contributed by atoms with Gasteiger partial charge >= 0.3 is 5.97 Å². The molecule has 44 heavy (non-hydrogen) atoms. The van der Waals surface area contributed by atoms with Crippen molar-refractivity contribution in [3.63, 3.8) is 0 Å². The molecule has 0 heterocycles. The molecule has 7 atom stereocenters. The quantitative estimate of drug-likeness (QED) is 0.0256. The monoisotopic (exact) mass is 649 g/mol. The summed E-state index contributed by atoms with van der Waals surface area (Å²) in [6, 6.07) is -7.79. The lowest BCUT2D eigenvalue weighted by Gasteiger charge is -2.26. The van der Waals surface area contributed by atoms with E-state index in [2.05, 4.69) is 44.2 Å². The van der Waals surface area contributed by atoms with Gasteiger partial charge in [0.25, 0.3) is 0 Å². The Balaban J connectivity index is 5.29. The number of nitrogens with two attached hydrogens (primary N) is 3. The van der Waals surface area contributed by atoms with Gasteiger partial charge in [-0.2, -0.15) is 12.6 Å². The summed E-state index contributed by atoms with van der Waals surface area (Å²) in [4.78, 5) is 78.6. The van der Waals surface area contributed by atoms with Crippen molar-refractivity contribution in [1.82, 2.24) is 26.6 Å². The predicted molar refractivity (Wildman–Crippen MR) is 163 cm³/mol. The van der Waals surface area contributed by atoms with Crippen LogP contribution in [-0.2, 0) is 28.8 Å². The van der Waals surface area contributed by atoms with Crippen molar-refractivity contribution in [3.05, 3.63) is 0 Å². The van der Waals surface area contributed by atoms with Gasteiger partial charge in [0.2, 0.25) is 29.5 Å². The number of hydrogen-bond donors (Lipinski definition) is 12. The standard InChI is InChI=1S/C25H47N9O9S/c1-11(2)8-15(32-23(41)18(26)13(4)36)20(38)34-17(10-44)22(40)30-12(3)19(37)33-16(9-35)21(39)31-14(24(42)43)6-5-7-29-25(27)28/h11-18,35-36,44H,5-10,26H2,1-4H3,(H,30,40)(H,31,39)(H,32,41)(H,33,37)(H,34,38)(H,42,43)(H4,27,28,29). The van der Waals surface area contributed by atoms with E-state index in [9.17, 15) is 44.1 Å². The number of aliphatic hydroxyl groups is 2. The number of carboxylic acids is 1. The van der Waals surface area contributed by atoms with Crippen molar-refractivity contribution in [1.29, 1.82) is 0 Å². The third-order valence-corrected chi connectivity index (χ3v) is 6.47. The summed E-state index contributed by atoms with van der Waals surface area (Å²) < 4.78 is 0. The van der Waals surface area contributed by atoms with Crippen molar-refractivity contribution in [3.8, 4) is 0 Å². The molecule has 0 saturated heterocycles. The van der Waals surface area contributed by atoms with Gasteiger partial charge in [-0.25, -0.2) is 4.79 Å². The number of carbonyl (C=O) groups excluding carboxylic acids is 5. The highest BCUT2D eigenvalue weighted by Crippen LogP contribution is 2.07. The van der Waals surface area contributed by atoms with E-state index >= 15 is 0 Å². The van der Waals surface area contributed by atoms with E-state index in [1.807, 2.05) is 0 Å². The molecule has 0 bridgehead atoms. The molecule has 0 saturated carbocycles. The lowest BCUT2D eigenvalue weighted by Crippen LogP contribution is -2.60. The van der Waals surface area contributed by atoms with Crippen molar-refractivity contribution < 1.29 is 44.1 Å². The Morgan fingerprint density at radius 1 is 0.773 bits per heavy atom. The summed E-state index contributed by atoms with van der Waals surface area (Å²) in [5.41, 5.74) is 16.1. The second-order valence-electron chi connectivity index (χ2n) is 10.5. The predicted octanol–water partition coefficient (Wildman–Crippen LogP) is -4.76. The van der Waals surface area contributed by atoms with Crippen molar-refractivity contribution in [2.24, 2.45) is 28.1 Å². The lowest BCUT2D eigenvalue weighted by molar-refractivity contribution is -0.142. The first-order valence-corrected chi connectivity index (χ1v) is 14.5. The Kier molecular flexibility index (Phi) is 18.6. The van der Waals surface area contributed by atoms with E-state index in [1.54, 1.807) is 13.8 Å². The molecule has 0 spiro atoms. The molecule has 0 aromatic carbocycles. The number of amides is 5. The fraction of sp³-hybridized carbons (Fsp3) is 0.720. The maximum atomic E-state index is 13.0. The van der Waals surface area contributed by atoms with E-state index in [0.29, 0.717) is 0 Å². The highest BCUT2D eigenvalue weighted by atomic mass is 32.1. The number of aliphatic carboxylic acids is 1. The van der Waals surface area contributed by atoms with Crippen molar-refractivity contribution >= 4 is 54.1 Å². The Hall–Kier alpha value is -3.68. The summed E-state index contributed by atoms with van der Waals surface area (Å²) in [6.45, 7) is 5.45. The molecule has 14 N–H and O–H groups in total. The van der Waals surface area contributed by atoms with E-state index in [-0.39, 0.29) is 43.4 Å². The largest absolute Gasteiger partial charge is 0.480 e. The summed E-state index contributed by atoms with van der Waals surface area (Å²) >= 11 is 4.09. The number of carboxylic acid groups (broad SMARTS) is 1. The molecule has 0 aliphatic carbocycles. The minimum atomic E-state index is -1.55. The molecule has 0 radical (unpaired) electrons. The molecule has 252 valence electrons. The first-order chi connectivity index (χ1) is 20.4. The molecule has 18 nitrogen and oxygen atoms in total. The van der Waals surface area contributed by atoms with Crippen LogP contribution in [-0.4, -0.2) is 118 Å². The van der Waals surface area contributed by atoms with E-state index in [0.717, 1.165) is 0 Å². The number of carbonyl (C=O) groups is 6. The maximum Gasteiger partial charge on any atom is 0.326 e. The van der Waals surface area contributed by atoms with E-state index < -0.39 is 84.5 Å². The number of aliphatic hydroxyl groups excluding tert-OH is 2. The van der Waals surface area contributed by atoms with Gasteiger partial charge in [0.05, 0.1) is 12.7 Å². The fourth-order valence-electron chi connectivity index (χ4n) is 3.56. The van der Waals surface area contributed by atoms with Gasteiger partial charge in [0, 0.05) is 12.3 Å². The number of nitrogens with one attached hydrogen (secondary N) is 5. The zero-order valence-electron chi connectivity index (χ0n) is 25.3. The van der Waals surface area contributed by atoms with Crippen LogP contribution in [0, 0.1) is 5.92 Å². The molecule has 0 aliphatic rings. The van der Waals surface area contributed by atoms with Crippen LogP contribution in [0.2, 0.25) is 0 Å². The summed E-state index contributed by atoms with van der Waals surface area (Å²) in [5, 5.41) is 40.3. The molecular formula is C25H47N9O9S. The van der Waals surface area contributed by atoms with Gasteiger partial charge < -0.3 is 59.1 Å². The summed E-state index contributed by atoms with van der Waals surface area (Å²) in [6.07, 6.45) is -0.800. The van der Waals surface area contributed by atoms with Gasteiger partial charge in [-0.1, -0.05) is 13.8 Å². The molecule has 0 aromatic heterocycles. The average Bonchev–Trinajstić information content (AvgIpc) is 2.93. The summed E-state index contributed by atoms with van der Waals surface area (Å²) in [5.74, 6) is -5.95. The number of hydrogen-bond acceptors (Lipinski definition) is 11. The molecule has 0 fully saturated rings. The summed E-state index contributed by atoms with van der Waals surface area (Å²) in [7, 11) is 0. The normalized spacial score (nSPS) is 15.8. The van der Waals surface area contributed by atoms with Crippen molar-refractivity contribution in [2.75, 3.05) is 18.9 Å². The van der Waals surface area contributed by atoms with Crippen LogP contribution in [0.1, 0.15) is 47.0 Å². The second-order valence-corrected chi connectivity index (χ2v) is 10.9. The van der Waals surface area contributed by atoms with Gasteiger partial charge in [0.15, 0.2) is 5.96 Å². The molecule has 7 unspecified atom stereocenters. The fourth-order valence-corrected chi connectivity index (χ4v) is 3.82. The Bertz CT molecular complexity index is 1030. The van der Waals surface area contributed by atoms with Crippen LogP contribution in [0.5, 0.6) is 0 Å². The minimum Gasteiger partial charge on any atom is -0.480 e. The number of guanidine groups is 1. The first-order valence-electron chi connectivity index (χ1n) is 13.9. The third-order valence-electron chi connectivity index (χ3n) is 6.11. The van der Waals surface area contributed by atoms with Gasteiger partial charge in [-0.05, 0) is 39.0 Å². The van der Waals surface area contributed by atoms with Crippen LogP contribution in [0.3, 0.4) is 0 Å². The topological polar surface area (TPSA) is 314 Å². The van der Waals surface area contributed by atoms with Gasteiger partial charge in [-0.3, -0.25) is 29.0 Å².